The lowest BCUT2D eigenvalue weighted by atomic mass is 9.99. The molecule has 1 aliphatic rings. The van der Waals surface area contributed by atoms with Crippen molar-refractivity contribution in [2.75, 3.05) is 20.8 Å². The van der Waals surface area contributed by atoms with Gasteiger partial charge in [0.1, 0.15) is 6.10 Å². The lowest BCUT2D eigenvalue weighted by Gasteiger charge is -2.21. The molecular formula is C14H18O4. The minimum atomic E-state index is -0.308. The lowest BCUT2D eigenvalue weighted by Crippen LogP contribution is -2.28. The second-order valence-electron chi connectivity index (χ2n) is 4.29. The van der Waals surface area contributed by atoms with Crippen molar-refractivity contribution in [2.45, 2.75) is 25.4 Å². The second kappa shape index (κ2) is 5.87. The van der Waals surface area contributed by atoms with Crippen molar-refractivity contribution < 1.29 is 19.0 Å². The van der Waals surface area contributed by atoms with E-state index < -0.39 is 0 Å². The smallest absolute Gasteiger partial charge is 0.191 e. The Morgan fingerprint density at radius 1 is 1.22 bits per heavy atom. The number of methoxy groups -OCH3 is 2. The summed E-state index contributed by atoms with van der Waals surface area (Å²) in [6, 6.07) is 5.20. The van der Waals surface area contributed by atoms with Gasteiger partial charge in [0, 0.05) is 12.2 Å². The number of ether oxygens (including phenoxy) is 3. The van der Waals surface area contributed by atoms with Crippen molar-refractivity contribution in [3.8, 4) is 11.5 Å². The van der Waals surface area contributed by atoms with E-state index in [1.165, 1.54) is 0 Å². The Morgan fingerprint density at radius 3 is 2.61 bits per heavy atom. The van der Waals surface area contributed by atoms with Crippen LogP contribution >= 0.6 is 0 Å². The number of carbonyl (C=O) groups is 1. The van der Waals surface area contributed by atoms with E-state index in [1.807, 2.05) is 0 Å². The molecule has 0 amide bonds. The normalized spacial score (nSPS) is 19.3. The van der Waals surface area contributed by atoms with Crippen LogP contribution in [0.3, 0.4) is 0 Å². The molecule has 0 N–H and O–H groups in total. The first-order valence-electron chi connectivity index (χ1n) is 6.14. The number of rotatable bonds is 4. The van der Waals surface area contributed by atoms with Crippen LogP contribution in [0.25, 0.3) is 0 Å². The maximum atomic E-state index is 12.2. The van der Waals surface area contributed by atoms with Gasteiger partial charge in [-0.1, -0.05) is 0 Å². The van der Waals surface area contributed by atoms with Gasteiger partial charge >= 0.3 is 0 Å². The molecule has 1 saturated heterocycles. The van der Waals surface area contributed by atoms with Crippen molar-refractivity contribution in [3.05, 3.63) is 23.8 Å². The fourth-order valence-electron chi connectivity index (χ4n) is 2.12. The van der Waals surface area contributed by atoms with Gasteiger partial charge in [-0.05, 0) is 37.5 Å². The number of ketones is 1. The molecular weight excluding hydrogens is 232 g/mol. The number of benzene rings is 1. The molecule has 98 valence electrons. The van der Waals surface area contributed by atoms with Gasteiger partial charge in [0.05, 0.1) is 14.2 Å². The second-order valence-corrected chi connectivity index (χ2v) is 4.29. The Hall–Kier alpha value is -1.55. The summed E-state index contributed by atoms with van der Waals surface area (Å²) in [7, 11) is 3.13. The number of carbonyl (C=O) groups excluding carboxylic acids is 1. The van der Waals surface area contributed by atoms with E-state index in [1.54, 1.807) is 32.4 Å². The van der Waals surface area contributed by atoms with Crippen molar-refractivity contribution in [1.82, 2.24) is 0 Å². The lowest BCUT2D eigenvalue weighted by molar-refractivity contribution is 0.0186. The van der Waals surface area contributed by atoms with Crippen LogP contribution in [0.2, 0.25) is 0 Å². The Balaban J connectivity index is 2.19. The third kappa shape index (κ3) is 2.64. The minimum Gasteiger partial charge on any atom is -0.493 e. The zero-order chi connectivity index (χ0) is 13.0. The summed E-state index contributed by atoms with van der Waals surface area (Å²) in [6.45, 7) is 0.670. The SMILES string of the molecule is COc1ccc(C(=O)C2CCCCO2)cc1OC. The third-order valence-corrected chi connectivity index (χ3v) is 3.14. The van der Waals surface area contributed by atoms with Gasteiger partial charge in [-0.25, -0.2) is 0 Å². The quantitative estimate of drug-likeness (QED) is 0.770. The first-order valence-corrected chi connectivity index (χ1v) is 6.14. The first kappa shape index (κ1) is 12.9. The maximum absolute atomic E-state index is 12.2. The van der Waals surface area contributed by atoms with Crippen LogP contribution in [-0.2, 0) is 4.74 Å². The minimum absolute atomic E-state index is 0.0238. The van der Waals surface area contributed by atoms with Crippen molar-refractivity contribution in [3.63, 3.8) is 0 Å². The molecule has 4 nitrogen and oxygen atoms in total. The van der Waals surface area contributed by atoms with E-state index in [2.05, 4.69) is 0 Å². The summed E-state index contributed by atoms with van der Waals surface area (Å²) < 4.78 is 15.8. The molecule has 0 bridgehead atoms. The molecule has 0 aromatic heterocycles. The summed E-state index contributed by atoms with van der Waals surface area (Å²) in [5, 5.41) is 0. The van der Waals surface area contributed by atoms with Crippen LogP contribution in [-0.4, -0.2) is 32.7 Å². The fourth-order valence-corrected chi connectivity index (χ4v) is 2.12. The highest BCUT2D eigenvalue weighted by molar-refractivity contribution is 6.00. The van der Waals surface area contributed by atoms with Gasteiger partial charge in [-0.2, -0.15) is 0 Å². The van der Waals surface area contributed by atoms with Crippen LogP contribution in [0.5, 0.6) is 11.5 Å². The molecule has 1 atom stereocenters. The zero-order valence-corrected chi connectivity index (χ0v) is 10.8. The Kier molecular flexibility index (Phi) is 4.20. The van der Waals surface area contributed by atoms with Gasteiger partial charge in [0.25, 0.3) is 0 Å². The Labute approximate surface area is 107 Å². The van der Waals surface area contributed by atoms with Crippen LogP contribution in [0.1, 0.15) is 29.6 Å². The van der Waals surface area contributed by atoms with E-state index >= 15 is 0 Å². The summed E-state index contributed by atoms with van der Waals surface area (Å²) >= 11 is 0. The largest absolute Gasteiger partial charge is 0.493 e. The molecule has 0 aliphatic carbocycles. The maximum Gasteiger partial charge on any atom is 0.191 e. The van der Waals surface area contributed by atoms with E-state index in [9.17, 15) is 4.79 Å². The Morgan fingerprint density at radius 2 is 2.00 bits per heavy atom. The molecule has 0 radical (unpaired) electrons. The molecule has 18 heavy (non-hydrogen) atoms. The molecule has 4 heteroatoms. The highest BCUT2D eigenvalue weighted by atomic mass is 16.5. The zero-order valence-electron chi connectivity index (χ0n) is 10.8. The first-order chi connectivity index (χ1) is 8.76. The number of Topliss-reactive ketones (excluding diaryl/α,β-unsaturated/α-hetero) is 1. The summed E-state index contributed by atoms with van der Waals surface area (Å²) in [5.74, 6) is 1.22. The molecule has 0 saturated carbocycles. The molecule has 0 spiro atoms. The molecule has 1 aliphatic heterocycles. The van der Waals surface area contributed by atoms with Crippen LogP contribution in [0.15, 0.2) is 18.2 Å². The number of hydrogen-bond donors (Lipinski definition) is 0. The van der Waals surface area contributed by atoms with Crippen LogP contribution < -0.4 is 9.47 Å². The highest BCUT2D eigenvalue weighted by Crippen LogP contribution is 2.29. The van der Waals surface area contributed by atoms with Crippen LogP contribution in [0, 0.1) is 0 Å². The Bertz CT molecular complexity index is 422. The molecule has 1 heterocycles. The molecule has 2 rings (SSSR count). The van der Waals surface area contributed by atoms with Gasteiger partial charge in [-0.3, -0.25) is 4.79 Å². The predicted molar refractivity (Wildman–Crippen MR) is 67.5 cm³/mol. The summed E-state index contributed by atoms with van der Waals surface area (Å²) in [5.41, 5.74) is 0.611. The predicted octanol–water partition coefficient (Wildman–Crippen LogP) is 2.46. The van der Waals surface area contributed by atoms with Crippen molar-refractivity contribution >= 4 is 5.78 Å². The number of hydrogen-bond acceptors (Lipinski definition) is 4. The van der Waals surface area contributed by atoms with Gasteiger partial charge in [0.15, 0.2) is 17.3 Å². The van der Waals surface area contributed by atoms with E-state index in [0.29, 0.717) is 23.7 Å². The monoisotopic (exact) mass is 250 g/mol. The van der Waals surface area contributed by atoms with Crippen molar-refractivity contribution in [1.29, 1.82) is 0 Å². The average Bonchev–Trinajstić information content (AvgIpc) is 2.46. The standard InChI is InChI=1S/C14H18O4/c1-16-11-7-6-10(9-13(11)17-2)14(15)12-5-3-4-8-18-12/h6-7,9,12H,3-5,8H2,1-2H3. The topological polar surface area (TPSA) is 44.8 Å². The van der Waals surface area contributed by atoms with Gasteiger partial charge < -0.3 is 14.2 Å². The van der Waals surface area contributed by atoms with E-state index in [4.69, 9.17) is 14.2 Å². The van der Waals surface area contributed by atoms with Gasteiger partial charge in [-0.15, -0.1) is 0 Å². The van der Waals surface area contributed by atoms with Crippen molar-refractivity contribution in [2.24, 2.45) is 0 Å². The molecule has 1 aromatic rings. The average molecular weight is 250 g/mol. The summed E-state index contributed by atoms with van der Waals surface area (Å²) in [6.07, 6.45) is 2.57. The molecule has 1 fully saturated rings. The summed E-state index contributed by atoms with van der Waals surface area (Å²) in [4.78, 5) is 12.2. The molecule has 1 aromatic carbocycles. The van der Waals surface area contributed by atoms with E-state index in [0.717, 1.165) is 19.3 Å². The molecule has 1 unspecified atom stereocenters. The van der Waals surface area contributed by atoms with Gasteiger partial charge in [0.2, 0.25) is 0 Å². The van der Waals surface area contributed by atoms with E-state index in [-0.39, 0.29) is 11.9 Å². The highest BCUT2D eigenvalue weighted by Gasteiger charge is 2.24. The third-order valence-electron chi connectivity index (χ3n) is 3.14. The fraction of sp³-hybridized carbons (Fsp3) is 0.500. The van der Waals surface area contributed by atoms with Crippen LogP contribution in [0.4, 0.5) is 0 Å².